The first-order chi connectivity index (χ1) is 9.70. The van der Waals surface area contributed by atoms with E-state index in [-0.39, 0.29) is 6.61 Å². The van der Waals surface area contributed by atoms with Crippen LogP contribution < -0.4 is 5.73 Å². The van der Waals surface area contributed by atoms with Crippen LogP contribution in [0.25, 0.3) is 22.4 Å². The van der Waals surface area contributed by atoms with Crippen LogP contribution in [0, 0.1) is 0 Å². The van der Waals surface area contributed by atoms with Crippen LogP contribution in [0.5, 0.6) is 0 Å². The summed E-state index contributed by atoms with van der Waals surface area (Å²) in [5.74, 6) is 0.781. The summed E-state index contributed by atoms with van der Waals surface area (Å²) in [6.07, 6.45) is 0. The molecular weight excluding hydrogens is 274 g/mol. The summed E-state index contributed by atoms with van der Waals surface area (Å²) in [5, 5.41) is 9.96. The predicted molar refractivity (Wildman–Crippen MR) is 81.7 cm³/mol. The number of hydrogen-bond donors (Lipinski definition) is 2. The minimum atomic E-state index is 0.0425. The molecule has 0 bridgehead atoms. The average molecular weight is 288 g/mol. The van der Waals surface area contributed by atoms with Crippen molar-refractivity contribution in [2.24, 2.45) is 0 Å². The summed E-state index contributed by atoms with van der Waals surface area (Å²) in [6, 6.07) is 13.1. The molecule has 20 heavy (non-hydrogen) atoms. The van der Waals surface area contributed by atoms with Crippen LogP contribution in [0.2, 0.25) is 5.02 Å². The van der Waals surface area contributed by atoms with Crippen molar-refractivity contribution < 1.29 is 5.11 Å². The molecule has 4 nitrogen and oxygen atoms in total. The first-order valence-corrected chi connectivity index (χ1v) is 6.70. The number of halogens is 1. The molecule has 1 aromatic heterocycles. The first-order valence-electron chi connectivity index (χ1n) is 6.32. The number of para-hydroxylation sites is 1. The monoisotopic (exact) mass is 287 g/mol. The van der Waals surface area contributed by atoms with Gasteiger partial charge in [0.05, 0.1) is 17.8 Å². The Morgan fingerprint density at radius 3 is 2.60 bits per heavy atom. The first kappa shape index (κ1) is 13.0. The summed E-state index contributed by atoms with van der Waals surface area (Å²) >= 11 is 5.92. The van der Waals surface area contributed by atoms with Crippen molar-refractivity contribution in [2.45, 2.75) is 6.54 Å². The number of aliphatic hydroxyl groups is 1. The molecule has 2 aromatic carbocycles. The van der Waals surface area contributed by atoms with Crippen molar-refractivity contribution in [3.8, 4) is 11.4 Å². The van der Waals surface area contributed by atoms with Gasteiger partial charge >= 0.3 is 0 Å². The minimum absolute atomic E-state index is 0.0425. The molecule has 3 aromatic rings. The molecule has 0 saturated carbocycles. The quantitative estimate of drug-likeness (QED) is 0.728. The molecule has 0 aliphatic rings. The van der Waals surface area contributed by atoms with Gasteiger partial charge in [0, 0.05) is 17.1 Å². The molecule has 0 aliphatic carbocycles. The molecule has 0 radical (unpaired) electrons. The van der Waals surface area contributed by atoms with Crippen LogP contribution in [0.3, 0.4) is 0 Å². The Labute approximate surface area is 121 Å². The van der Waals surface area contributed by atoms with Crippen molar-refractivity contribution in [3.63, 3.8) is 0 Å². The zero-order valence-corrected chi connectivity index (χ0v) is 11.5. The highest BCUT2D eigenvalue weighted by molar-refractivity contribution is 6.30. The van der Waals surface area contributed by atoms with E-state index in [1.807, 2.05) is 47.0 Å². The summed E-state index contributed by atoms with van der Waals surface area (Å²) in [4.78, 5) is 4.61. The van der Waals surface area contributed by atoms with Crippen molar-refractivity contribution in [3.05, 3.63) is 47.5 Å². The maximum atomic E-state index is 9.28. The van der Waals surface area contributed by atoms with Crippen molar-refractivity contribution in [2.75, 3.05) is 12.3 Å². The van der Waals surface area contributed by atoms with Gasteiger partial charge in [0.1, 0.15) is 11.3 Å². The maximum Gasteiger partial charge on any atom is 0.141 e. The molecule has 0 fully saturated rings. The Balaban J connectivity index is 2.26. The van der Waals surface area contributed by atoms with Crippen LogP contribution in [0.1, 0.15) is 0 Å². The Bertz CT molecular complexity index is 750. The molecule has 0 atom stereocenters. The molecule has 0 amide bonds. The van der Waals surface area contributed by atoms with Crippen molar-refractivity contribution in [1.82, 2.24) is 9.55 Å². The lowest BCUT2D eigenvalue weighted by atomic mass is 10.2. The summed E-state index contributed by atoms with van der Waals surface area (Å²) in [7, 11) is 0. The number of aromatic nitrogens is 2. The van der Waals surface area contributed by atoms with Crippen molar-refractivity contribution in [1.29, 1.82) is 0 Å². The molecule has 0 aliphatic heterocycles. The molecule has 1 heterocycles. The number of benzene rings is 2. The van der Waals surface area contributed by atoms with Gasteiger partial charge < -0.3 is 15.4 Å². The Kier molecular flexibility index (Phi) is 3.34. The lowest BCUT2D eigenvalue weighted by molar-refractivity contribution is 0.278. The normalized spacial score (nSPS) is 11.1. The Morgan fingerprint density at radius 1 is 1.15 bits per heavy atom. The highest BCUT2D eigenvalue weighted by Crippen LogP contribution is 2.28. The average Bonchev–Trinajstić information content (AvgIpc) is 2.81. The summed E-state index contributed by atoms with van der Waals surface area (Å²) in [5.41, 5.74) is 9.23. The van der Waals surface area contributed by atoms with Crippen LogP contribution in [0.15, 0.2) is 42.5 Å². The van der Waals surface area contributed by atoms with Gasteiger partial charge in [-0.3, -0.25) is 0 Å². The zero-order chi connectivity index (χ0) is 14.1. The summed E-state index contributed by atoms with van der Waals surface area (Å²) in [6.45, 7) is 0.513. The van der Waals surface area contributed by atoms with E-state index in [4.69, 9.17) is 17.3 Å². The lowest BCUT2D eigenvalue weighted by Gasteiger charge is -2.07. The van der Waals surface area contributed by atoms with Crippen LogP contribution >= 0.6 is 11.6 Å². The highest BCUT2D eigenvalue weighted by Gasteiger charge is 2.13. The fraction of sp³-hybridized carbons (Fsp3) is 0.133. The van der Waals surface area contributed by atoms with Gasteiger partial charge in [-0.15, -0.1) is 0 Å². The number of nitrogen functional groups attached to an aromatic ring is 1. The predicted octanol–water partition coefficient (Wildman–Crippen LogP) is 2.93. The topological polar surface area (TPSA) is 64.1 Å². The highest BCUT2D eigenvalue weighted by atomic mass is 35.5. The van der Waals surface area contributed by atoms with Gasteiger partial charge in [-0.05, 0) is 36.4 Å². The summed E-state index contributed by atoms with van der Waals surface area (Å²) < 4.78 is 1.97. The van der Waals surface area contributed by atoms with Crippen molar-refractivity contribution >= 4 is 28.3 Å². The molecule has 5 heteroatoms. The van der Waals surface area contributed by atoms with Gasteiger partial charge in [0.25, 0.3) is 0 Å². The second-order valence-corrected chi connectivity index (χ2v) is 4.97. The van der Waals surface area contributed by atoms with E-state index in [1.165, 1.54) is 0 Å². The van der Waals surface area contributed by atoms with Crippen LogP contribution in [-0.4, -0.2) is 21.3 Å². The van der Waals surface area contributed by atoms with E-state index in [2.05, 4.69) is 4.98 Å². The largest absolute Gasteiger partial charge is 0.397 e. The number of aliphatic hydroxyl groups excluding tert-OH is 1. The third kappa shape index (κ3) is 2.13. The third-order valence-corrected chi connectivity index (χ3v) is 3.49. The minimum Gasteiger partial charge on any atom is -0.397 e. The van der Waals surface area contributed by atoms with Gasteiger partial charge in [-0.1, -0.05) is 17.7 Å². The molecular formula is C15H14ClN3O. The fourth-order valence-corrected chi connectivity index (χ4v) is 2.44. The molecule has 102 valence electrons. The Hall–Kier alpha value is -2.04. The fourth-order valence-electron chi connectivity index (χ4n) is 2.31. The van der Waals surface area contributed by atoms with E-state index in [1.54, 1.807) is 0 Å². The number of nitrogens with two attached hydrogens (primary N) is 1. The number of nitrogens with zero attached hydrogens (tertiary/aromatic N) is 2. The van der Waals surface area contributed by atoms with E-state index in [0.717, 1.165) is 22.4 Å². The van der Waals surface area contributed by atoms with Gasteiger partial charge in [-0.2, -0.15) is 0 Å². The second kappa shape index (κ2) is 5.15. The maximum absolute atomic E-state index is 9.28. The zero-order valence-electron chi connectivity index (χ0n) is 10.8. The Morgan fingerprint density at radius 2 is 1.90 bits per heavy atom. The lowest BCUT2D eigenvalue weighted by Crippen LogP contribution is -2.04. The van der Waals surface area contributed by atoms with E-state index in [0.29, 0.717) is 17.3 Å². The van der Waals surface area contributed by atoms with Crippen LogP contribution in [0.4, 0.5) is 5.69 Å². The number of fused-ring (bicyclic) bond motifs is 1. The van der Waals surface area contributed by atoms with E-state index >= 15 is 0 Å². The van der Waals surface area contributed by atoms with E-state index < -0.39 is 0 Å². The van der Waals surface area contributed by atoms with Gasteiger partial charge in [0.15, 0.2) is 0 Å². The van der Waals surface area contributed by atoms with E-state index in [9.17, 15) is 5.11 Å². The standard InChI is InChI=1S/C15H14ClN3O/c16-11-6-4-10(5-7-11)15-18-14-12(17)2-1-3-13(14)19(15)8-9-20/h1-7,20H,8-9,17H2. The second-order valence-electron chi connectivity index (χ2n) is 4.53. The molecule has 0 saturated heterocycles. The van der Waals surface area contributed by atoms with Gasteiger partial charge in [0.2, 0.25) is 0 Å². The molecule has 0 spiro atoms. The number of hydrogen-bond acceptors (Lipinski definition) is 3. The smallest absolute Gasteiger partial charge is 0.141 e. The SMILES string of the molecule is Nc1cccc2c1nc(-c1ccc(Cl)cc1)n2CCO. The van der Waals surface area contributed by atoms with Crippen LogP contribution in [-0.2, 0) is 6.54 Å². The third-order valence-electron chi connectivity index (χ3n) is 3.24. The molecule has 3 N–H and O–H groups in total. The number of imidazole rings is 1. The van der Waals surface area contributed by atoms with Gasteiger partial charge in [-0.25, -0.2) is 4.98 Å². The molecule has 0 unspecified atom stereocenters. The molecule has 3 rings (SSSR count). The number of anilines is 1. The number of rotatable bonds is 3.